The molecule has 0 radical (unpaired) electrons. The number of amides is 2. The summed E-state index contributed by atoms with van der Waals surface area (Å²) in [4.78, 5) is 28.6. The van der Waals surface area contributed by atoms with Crippen LogP contribution in [0.5, 0.6) is 5.75 Å². The van der Waals surface area contributed by atoms with Crippen molar-refractivity contribution in [2.45, 2.75) is 83.3 Å². The number of methoxy groups -OCH3 is 1. The van der Waals surface area contributed by atoms with E-state index >= 15 is 0 Å². The summed E-state index contributed by atoms with van der Waals surface area (Å²) in [6, 6.07) is 4.18. The average molecular weight is 544 g/mol. The van der Waals surface area contributed by atoms with Crippen LogP contribution < -0.4 is 0 Å². The van der Waals surface area contributed by atoms with Crippen molar-refractivity contribution in [1.82, 2.24) is 4.90 Å². The molecule has 0 spiro atoms. The van der Waals surface area contributed by atoms with Crippen LogP contribution in [-0.4, -0.2) is 64.5 Å². The third-order valence-corrected chi connectivity index (χ3v) is 8.68. The smallest absolute Gasteiger partial charge is 0.234 e. The van der Waals surface area contributed by atoms with Crippen molar-refractivity contribution in [3.05, 3.63) is 46.3 Å². The highest BCUT2D eigenvalue weighted by Gasteiger charge is 2.56. The van der Waals surface area contributed by atoms with Crippen LogP contribution in [0.25, 0.3) is 6.08 Å². The summed E-state index contributed by atoms with van der Waals surface area (Å²) in [5.41, 5.74) is 3.08. The van der Waals surface area contributed by atoms with Gasteiger partial charge in [0.2, 0.25) is 11.8 Å². The van der Waals surface area contributed by atoms with Gasteiger partial charge in [-0.1, -0.05) is 50.3 Å². The van der Waals surface area contributed by atoms with E-state index < -0.39 is 35.4 Å². The van der Waals surface area contributed by atoms with Crippen LogP contribution in [0.3, 0.4) is 0 Å². The van der Waals surface area contributed by atoms with Crippen LogP contribution in [0.1, 0.15) is 76.7 Å². The molecule has 1 aromatic carbocycles. The van der Waals surface area contributed by atoms with Crippen LogP contribution in [0.4, 0.5) is 4.39 Å². The van der Waals surface area contributed by atoms with Crippen molar-refractivity contribution >= 4 is 17.9 Å². The van der Waals surface area contributed by atoms with Crippen LogP contribution >= 0.6 is 0 Å². The van der Waals surface area contributed by atoms with Gasteiger partial charge in [0.1, 0.15) is 0 Å². The maximum Gasteiger partial charge on any atom is 0.234 e. The molecule has 8 heteroatoms. The van der Waals surface area contributed by atoms with Gasteiger partial charge in [0.05, 0.1) is 31.2 Å². The summed E-state index contributed by atoms with van der Waals surface area (Å²) >= 11 is 0. The van der Waals surface area contributed by atoms with Crippen molar-refractivity contribution in [2.24, 2.45) is 17.8 Å². The highest BCUT2D eigenvalue weighted by Crippen LogP contribution is 2.47. The van der Waals surface area contributed by atoms with Crippen LogP contribution in [0.15, 0.2) is 34.9 Å². The molecule has 0 unspecified atom stereocenters. The first-order valence-corrected chi connectivity index (χ1v) is 14.3. The average Bonchev–Trinajstić information content (AvgIpc) is 3.18. The minimum atomic E-state index is -0.920. The van der Waals surface area contributed by atoms with Gasteiger partial charge >= 0.3 is 0 Å². The highest BCUT2D eigenvalue weighted by molar-refractivity contribution is 6.06. The standard InChI is InChI=1S/C31H42FNO6/c1-3-7-19(14-20-11-12-26(35)25(32)15-20)10-13-27(36)28-21(18-39-2)16-23-29(24(28)17-34)31(38)33(30(23)37)22-8-5-4-6-9-22/h11-12,14-15,22-24,27,29,34-36H,3-10,13,16-18H2,1-2H3/b19-14+/t23-,24+,27-,29-/m1/s1. The van der Waals surface area contributed by atoms with Crippen LogP contribution in [-0.2, 0) is 14.3 Å². The molecular formula is C31H42FNO6. The van der Waals surface area contributed by atoms with Crippen molar-refractivity contribution in [3.63, 3.8) is 0 Å². The van der Waals surface area contributed by atoms with E-state index in [1.807, 2.05) is 13.0 Å². The molecular weight excluding hydrogens is 501 g/mol. The second-order valence-corrected chi connectivity index (χ2v) is 11.3. The number of benzene rings is 1. The van der Waals surface area contributed by atoms with Crippen molar-refractivity contribution < 1.29 is 34.0 Å². The van der Waals surface area contributed by atoms with Gasteiger partial charge in [-0.15, -0.1) is 0 Å². The van der Waals surface area contributed by atoms with E-state index in [9.17, 15) is 29.3 Å². The zero-order valence-corrected chi connectivity index (χ0v) is 23.1. The van der Waals surface area contributed by atoms with Crippen LogP contribution in [0.2, 0.25) is 0 Å². The lowest BCUT2D eigenvalue weighted by Crippen LogP contribution is -2.42. The third-order valence-electron chi connectivity index (χ3n) is 8.68. The molecule has 39 heavy (non-hydrogen) atoms. The van der Waals surface area contributed by atoms with E-state index in [1.165, 1.54) is 17.0 Å². The molecule has 0 bridgehead atoms. The molecule has 0 aromatic heterocycles. The molecule has 4 atom stereocenters. The zero-order valence-electron chi connectivity index (χ0n) is 23.1. The molecule has 4 rings (SSSR count). The Kier molecular flexibility index (Phi) is 9.96. The number of nitrogens with zero attached hydrogens (tertiary/aromatic N) is 1. The lowest BCUT2D eigenvalue weighted by atomic mass is 9.68. The molecule has 1 heterocycles. The van der Waals surface area contributed by atoms with Gasteiger partial charge < -0.3 is 20.1 Å². The number of carbonyl (C=O) groups is 2. The number of halogens is 1. The number of rotatable bonds is 11. The Labute approximate surface area is 230 Å². The number of hydrogen-bond donors (Lipinski definition) is 3. The van der Waals surface area contributed by atoms with Crippen molar-refractivity contribution in [2.75, 3.05) is 20.3 Å². The van der Waals surface area contributed by atoms with Gasteiger partial charge in [0, 0.05) is 19.1 Å². The molecule has 2 aliphatic carbocycles. The van der Waals surface area contributed by atoms with Gasteiger partial charge in [0.15, 0.2) is 11.6 Å². The maximum absolute atomic E-state index is 13.9. The fourth-order valence-electron chi connectivity index (χ4n) is 6.91. The predicted octanol–water partition coefficient (Wildman–Crippen LogP) is 4.75. The Morgan fingerprint density at radius 2 is 1.92 bits per heavy atom. The third kappa shape index (κ3) is 6.28. The SMILES string of the molecule is CCC/C(=C\c1ccc(O)c(F)c1)CC[C@@H](O)C1=C(COC)C[C@H]2C(=O)N(C3CCCCC3)C(=O)[C@H]2[C@H]1CO. The van der Waals surface area contributed by atoms with E-state index in [1.54, 1.807) is 13.2 Å². The number of aromatic hydroxyl groups is 1. The molecule has 3 aliphatic rings. The monoisotopic (exact) mass is 543 g/mol. The van der Waals surface area contributed by atoms with E-state index in [0.29, 0.717) is 30.4 Å². The molecule has 214 valence electrons. The molecule has 2 amide bonds. The van der Waals surface area contributed by atoms with Gasteiger partial charge in [-0.2, -0.15) is 0 Å². The summed E-state index contributed by atoms with van der Waals surface area (Å²) in [6.07, 6.45) is 8.60. The van der Waals surface area contributed by atoms with E-state index in [2.05, 4.69) is 0 Å². The van der Waals surface area contributed by atoms with E-state index in [-0.39, 0.29) is 31.1 Å². The molecule has 1 aliphatic heterocycles. The number of imide groups is 1. The molecule has 1 saturated heterocycles. The minimum Gasteiger partial charge on any atom is -0.505 e. The quantitative estimate of drug-likeness (QED) is 0.275. The number of phenols is 1. The van der Waals surface area contributed by atoms with Gasteiger partial charge in [-0.3, -0.25) is 14.5 Å². The summed E-state index contributed by atoms with van der Waals surface area (Å²) in [5.74, 6) is -3.28. The lowest BCUT2D eigenvalue weighted by Gasteiger charge is -2.36. The second kappa shape index (κ2) is 13.2. The minimum absolute atomic E-state index is 0.0746. The zero-order chi connectivity index (χ0) is 28.1. The number of ether oxygens (including phenoxy) is 1. The molecule has 1 aromatic rings. The number of hydrogen-bond acceptors (Lipinski definition) is 6. The fraction of sp³-hybridized carbons (Fsp3) is 0.613. The number of fused-ring (bicyclic) bond motifs is 1. The largest absolute Gasteiger partial charge is 0.505 e. The van der Waals surface area contributed by atoms with Gasteiger partial charge in [-0.05, 0) is 67.4 Å². The number of carbonyl (C=O) groups excluding carboxylic acids is 2. The Morgan fingerprint density at radius 3 is 2.56 bits per heavy atom. The Morgan fingerprint density at radius 1 is 1.18 bits per heavy atom. The van der Waals surface area contributed by atoms with Gasteiger partial charge in [0.25, 0.3) is 0 Å². The summed E-state index contributed by atoms with van der Waals surface area (Å²) in [5, 5.41) is 31.5. The second-order valence-electron chi connectivity index (χ2n) is 11.3. The summed E-state index contributed by atoms with van der Waals surface area (Å²) in [7, 11) is 1.56. The first-order chi connectivity index (χ1) is 18.8. The topological polar surface area (TPSA) is 107 Å². The molecule has 3 N–H and O–H groups in total. The maximum atomic E-state index is 13.9. The molecule has 7 nitrogen and oxygen atoms in total. The number of phenolic OH excluding ortho intramolecular Hbond substituents is 1. The van der Waals surface area contributed by atoms with Crippen molar-refractivity contribution in [3.8, 4) is 5.75 Å². The Balaban J connectivity index is 1.57. The van der Waals surface area contributed by atoms with E-state index in [0.717, 1.165) is 56.1 Å². The van der Waals surface area contributed by atoms with Gasteiger partial charge in [-0.25, -0.2) is 4.39 Å². The summed E-state index contributed by atoms with van der Waals surface area (Å²) < 4.78 is 19.3. The first kappa shape index (κ1) is 29.4. The molecule has 2 fully saturated rings. The normalized spacial score (nSPS) is 25.4. The Bertz CT molecular complexity index is 1110. The number of allylic oxidation sites excluding steroid dienone is 1. The lowest BCUT2D eigenvalue weighted by molar-refractivity contribution is -0.143. The fourth-order valence-corrected chi connectivity index (χ4v) is 6.91. The Hall–Kier alpha value is -2.55. The number of aliphatic hydroxyl groups is 2. The first-order valence-electron chi connectivity index (χ1n) is 14.3. The number of likely N-dealkylation sites (tertiary alicyclic amines) is 1. The van der Waals surface area contributed by atoms with Crippen molar-refractivity contribution in [1.29, 1.82) is 0 Å². The molecule has 1 saturated carbocycles. The number of aliphatic hydroxyl groups excluding tert-OH is 2. The highest BCUT2D eigenvalue weighted by atomic mass is 19.1. The van der Waals surface area contributed by atoms with E-state index in [4.69, 9.17) is 4.74 Å². The summed E-state index contributed by atoms with van der Waals surface area (Å²) in [6.45, 7) is 1.94. The predicted molar refractivity (Wildman–Crippen MR) is 146 cm³/mol. The van der Waals surface area contributed by atoms with Crippen LogP contribution in [0, 0.1) is 23.6 Å².